The Balaban J connectivity index is 1.32. The van der Waals surface area contributed by atoms with E-state index < -0.39 is 0 Å². The highest BCUT2D eigenvalue weighted by atomic mass is 79.9. The second kappa shape index (κ2) is 9.26. The molecule has 7 nitrogen and oxygen atoms in total. The van der Waals surface area contributed by atoms with Gasteiger partial charge in [0.2, 0.25) is 0 Å². The Morgan fingerprint density at radius 2 is 1.94 bits per heavy atom. The molecule has 1 aromatic carbocycles. The molecule has 3 N–H and O–H groups in total. The van der Waals surface area contributed by atoms with Crippen molar-refractivity contribution in [3.8, 4) is 5.75 Å². The first-order valence-corrected chi connectivity index (χ1v) is 11.7. The number of hydrogen-bond acceptors (Lipinski definition) is 5. The molecule has 164 valence electrons. The highest BCUT2D eigenvalue weighted by Crippen LogP contribution is 2.31. The van der Waals surface area contributed by atoms with Crippen molar-refractivity contribution in [1.82, 2.24) is 24.5 Å². The summed E-state index contributed by atoms with van der Waals surface area (Å²) in [6.45, 7) is 3.52. The normalized spacial score (nSPS) is 15.3. The highest BCUT2D eigenvalue weighted by molar-refractivity contribution is 9.10. The number of nitrogens with zero attached hydrogens (tertiary/aromatic N) is 5. The minimum Gasteiger partial charge on any atom is -0.593 e. The summed E-state index contributed by atoms with van der Waals surface area (Å²) in [6, 6.07) is 14.0. The van der Waals surface area contributed by atoms with Gasteiger partial charge in [0.05, 0.1) is 16.2 Å². The van der Waals surface area contributed by atoms with Crippen LogP contribution in [0.3, 0.4) is 0 Å². The number of hydrogen-bond donors (Lipinski definition) is 1. The van der Waals surface area contributed by atoms with Crippen molar-refractivity contribution in [2.24, 2.45) is 0 Å². The molecular formula is C24H26BrN6O+. The molecule has 1 fully saturated rings. The maximum atomic E-state index is 8.11. The molecule has 8 heteroatoms. The van der Waals surface area contributed by atoms with Crippen LogP contribution >= 0.6 is 15.9 Å². The zero-order valence-electron chi connectivity index (χ0n) is 17.7. The molecule has 4 aromatic rings. The fraction of sp³-hybridized carbons (Fsp3) is 0.292. The van der Waals surface area contributed by atoms with E-state index in [9.17, 15) is 0 Å². The van der Waals surface area contributed by atoms with Gasteiger partial charge >= 0.3 is 0 Å². The molecule has 4 heterocycles. The molecule has 1 saturated heterocycles. The first-order valence-electron chi connectivity index (χ1n) is 10.9. The number of nitrogens with one attached hydrogen (secondary N) is 1. The summed E-state index contributed by atoms with van der Waals surface area (Å²) in [5.74, 6) is 1.96. The van der Waals surface area contributed by atoms with Crippen LogP contribution in [0.5, 0.6) is 5.75 Å². The summed E-state index contributed by atoms with van der Waals surface area (Å²) >= 11 is 3.60. The number of rotatable bonds is 6. The summed E-state index contributed by atoms with van der Waals surface area (Å²) in [5.41, 5.74) is 4.15. The van der Waals surface area contributed by atoms with Crippen molar-refractivity contribution in [2.75, 3.05) is 18.4 Å². The molecule has 0 unspecified atom stereocenters. The molecule has 5 rings (SSSR count). The number of aromatic nitrogens is 4. The van der Waals surface area contributed by atoms with Gasteiger partial charge in [0.1, 0.15) is 5.82 Å². The standard InChI is InChI=1S/C24H25BrN6O/c25-20-15-28-31-23(27-14-17-4-3-9-26-13-17)12-21(29-24(20)31)18-7-10-30(11-8-18)16-19-5-1-2-6-22(19)32/h1-6,9,12-13,15,18,27,32H,7-8,10-11,14,16H2/p+1. The minimum atomic E-state index is 0.406. The number of para-hydroxylation sites is 1. The van der Waals surface area contributed by atoms with Crippen LogP contribution < -0.4 is 5.32 Å². The Morgan fingerprint density at radius 3 is 2.72 bits per heavy atom. The summed E-state index contributed by atoms with van der Waals surface area (Å²) in [6.07, 6.45) is 7.55. The lowest BCUT2D eigenvalue weighted by Gasteiger charge is -2.31. The second-order valence-electron chi connectivity index (χ2n) is 8.22. The van der Waals surface area contributed by atoms with Gasteiger partial charge in [0.15, 0.2) is 5.65 Å². The maximum absolute atomic E-state index is 8.11. The SMILES string of the molecule is [OH2+]c1ccccc1CN1CCC(c2cc(NCc3cccnc3)n3ncc(Br)c3n2)CC1. The lowest BCUT2D eigenvalue weighted by atomic mass is 9.93. The molecule has 0 radical (unpaired) electrons. The number of fused-ring (bicyclic) bond motifs is 1. The molecule has 32 heavy (non-hydrogen) atoms. The zero-order valence-corrected chi connectivity index (χ0v) is 19.3. The van der Waals surface area contributed by atoms with E-state index in [1.54, 1.807) is 12.4 Å². The van der Waals surface area contributed by atoms with E-state index in [1.807, 2.05) is 35.0 Å². The van der Waals surface area contributed by atoms with Gasteiger partial charge in [-0.25, -0.2) is 4.98 Å². The van der Waals surface area contributed by atoms with E-state index in [0.29, 0.717) is 18.2 Å². The number of piperidine rings is 1. The van der Waals surface area contributed by atoms with Crippen LogP contribution in [0.4, 0.5) is 5.82 Å². The van der Waals surface area contributed by atoms with Crippen molar-refractivity contribution in [3.05, 3.63) is 82.3 Å². The minimum absolute atomic E-state index is 0.406. The predicted molar refractivity (Wildman–Crippen MR) is 129 cm³/mol. The molecule has 0 amide bonds. The Hall–Kier alpha value is -2.97. The Kier molecular flexibility index (Phi) is 6.05. The van der Waals surface area contributed by atoms with Gasteiger partial charge in [0.25, 0.3) is 5.75 Å². The van der Waals surface area contributed by atoms with Crippen molar-refractivity contribution in [3.63, 3.8) is 0 Å². The van der Waals surface area contributed by atoms with Gasteiger partial charge in [-0.05, 0) is 59.6 Å². The number of pyridine rings is 1. The summed E-state index contributed by atoms with van der Waals surface area (Å²) in [4.78, 5) is 11.6. The Morgan fingerprint density at radius 1 is 1.09 bits per heavy atom. The predicted octanol–water partition coefficient (Wildman–Crippen LogP) is 4.32. The van der Waals surface area contributed by atoms with E-state index in [2.05, 4.69) is 54.4 Å². The van der Waals surface area contributed by atoms with Crippen molar-refractivity contribution < 1.29 is 5.11 Å². The number of anilines is 1. The lowest BCUT2D eigenvalue weighted by molar-refractivity contribution is 0.201. The largest absolute Gasteiger partial charge is 0.593 e. The molecule has 1 aliphatic rings. The topological polar surface area (TPSA) is 81.2 Å². The highest BCUT2D eigenvalue weighted by Gasteiger charge is 2.24. The average molecular weight is 494 g/mol. The van der Waals surface area contributed by atoms with E-state index in [4.69, 9.17) is 10.1 Å². The van der Waals surface area contributed by atoms with Crippen molar-refractivity contribution in [2.45, 2.75) is 31.8 Å². The molecular weight excluding hydrogens is 468 g/mol. The molecule has 0 spiro atoms. The van der Waals surface area contributed by atoms with Gasteiger partial charge in [-0.2, -0.15) is 9.61 Å². The van der Waals surface area contributed by atoms with Crippen LogP contribution in [0.15, 0.2) is 65.5 Å². The van der Waals surface area contributed by atoms with Crippen LogP contribution in [0.2, 0.25) is 0 Å². The van der Waals surface area contributed by atoms with Crippen LogP contribution in [-0.4, -0.2) is 42.7 Å². The second-order valence-corrected chi connectivity index (χ2v) is 9.07. The summed E-state index contributed by atoms with van der Waals surface area (Å²) in [7, 11) is 0. The van der Waals surface area contributed by atoms with E-state index in [-0.39, 0.29) is 0 Å². The summed E-state index contributed by atoms with van der Waals surface area (Å²) < 4.78 is 2.75. The first-order chi connectivity index (χ1) is 15.7. The number of likely N-dealkylation sites (tertiary alicyclic amines) is 1. The molecule has 0 saturated carbocycles. The number of halogens is 1. The summed E-state index contributed by atoms with van der Waals surface area (Å²) in [5, 5.41) is 16.1. The molecule has 3 aromatic heterocycles. The molecule has 0 bridgehead atoms. The van der Waals surface area contributed by atoms with E-state index >= 15 is 0 Å². The van der Waals surface area contributed by atoms with Crippen LogP contribution in [0.25, 0.3) is 5.65 Å². The lowest BCUT2D eigenvalue weighted by Crippen LogP contribution is -2.32. The third kappa shape index (κ3) is 4.47. The fourth-order valence-corrected chi connectivity index (χ4v) is 4.62. The van der Waals surface area contributed by atoms with Crippen LogP contribution in [-0.2, 0) is 13.1 Å². The van der Waals surface area contributed by atoms with E-state index in [1.165, 1.54) is 0 Å². The van der Waals surface area contributed by atoms with Crippen molar-refractivity contribution in [1.29, 1.82) is 0 Å². The Labute approximate surface area is 195 Å². The third-order valence-electron chi connectivity index (χ3n) is 6.06. The first kappa shape index (κ1) is 20.9. The Bertz CT molecular complexity index is 1200. The zero-order chi connectivity index (χ0) is 21.9. The monoisotopic (exact) mass is 493 g/mol. The number of benzene rings is 1. The van der Waals surface area contributed by atoms with Crippen LogP contribution in [0.1, 0.15) is 35.6 Å². The van der Waals surface area contributed by atoms with E-state index in [0.717, 1.165) is 65.2 Å². The smallest absolute Gasteiger partial charge is 0.258 e. The maximum Gasteiger partial charge on any atom is 0.258 e. The molecule has 1 aliphatic heterocycles. The van der Waals surface area contributed by atoms with Gasteiger partial charge in [-0.1, -0.05) is 18.2 Å². The van der Waals surface area contributed by atoms with Crippen LogP contribution in [0, 0.1) is 0 Å². The fourth-order valence-electron chi connectivity index (χ4n) is 4.27. The van der Waals surface area contributed by atoms with Crippen molar-refractivity contribution >= 4 is 27.4 Å². The van der Waals surface area contributed by atoms with Gasteiger partial charge in [-0.15, -0.1) is 0 Å². The quantitative estimate of drug-likeness (QED) is 0.404. The average Bonchev–Trinajstić information content (AvgIpc) is 3.21. The molecule has 0 atom stereocenters. The van der Waals surface area contributed by atoms with Gasteiger partial charge in [0, 0.05) is 49.2 Å². The van der Waals surface area contributed by atoms with Gasteiger partial charge < -0.3 is 10.4 Å². The van der Waals surface area contributed by atoms with Gasteiger partial charge in [-0.3, -0.25) is 9.88 Å². The molecule has 0 aliphatic carbocycles. The third-order valence-corrected chi connectivity index (χ3v) is 6.62.